The summed E-state index contributed by atoms with van der Waals surface area (Å²) in [7, 11) is 0. The lowest BCUT2D eigenvalue weighted by Gasteiger charge is -2.22. The molecule has 2 fully saturated rings. The molecule has 1 aromatic rings. The predicted molar refractivity (Wildman–Crippen MR) is 84.2 cm³/mol. The first-order valence-corrected chi connectivity index (χ1v) is 9.00. The van der Waals surface area contributed by atoms with Crippen molar-refractivity contribution in [2.75, 3.05) is 5.88 Å². The lowest BCUT2D eigenvalue weighted by atomic mass is 9.89. The van der Waals surface area contributed by atoms with Crippen LogP contribution in [0.2, 0.25) is 0 Å². The van der Waals surface area contributed by atoms with E-state index in [2.05, 4.69) is 16.9 Å². The van der Waals surface area contributed by atoms with E-state index in [0.717, 1.165) is 18.2 Å². The van der Waals surface area contributed by atoms with Crippen molar-refractivity contribution >= 4 is 11.6 Å². The molecule has 2 aliphatic carbocycles. The summed E-state index contributed by atoms with van der Waals surface area (Å²) in [5.41, 5.74) is 1.26. The standard InChI is InChI=1S/C17H27ClN2/c18-13-15(14-6-4-5-7-14)12-16-10-11-20(19-16)17-8-2-1-3-9-17/h10-11,14-15,17H,1-9,12-13H2. The first-order valence-electron chi connectivity index (χ1n) is 8.47. The van der Waals surface area contributed by atoms with Crippen LogP contribution in [0.1, 0.15) is 69.5 Å². The van der Waals surface area contributed by atoms with Crippen LogP contribution in [-0.2, 0) is 6.42 Å². The lowest BCUT2D eigenvalue weighted by molar-refractivity contribution is 0.324. The van der Waals surface area contributed by atoms with E-state index >= 15 is 0 Å². The Hall–Kier alpha value is -0.500. The maximum atomic E-state index is 6.22. The maximum Gasteiger partial charge on any atom is 0.0628 e. The Labute approximate surface area is 127 Å². The molecule has 0 saturated heterocycles. The Balaban J connectivity index is 1.60. The Bertz CT molecular complexity index is 403. The summed E-state index contributed by atoms with van der Waals surface area (Å²) in [6.45, 7) is 0. The highest BCUT2D eigenvalue weighted by Gasteiger charge is 2.25. The SMILES string of the molecule is ClCC(Cc1ccn(C2CCCCC2)n1)C1CCCC1. The zero-order valence-electron chi connectivity index (χ0n) is 12.4. The van der Waals surface area contributed by atoms with Crippen molar-refractivity contribution in [1.82, 2.24) is 9.78 Å². The molecule has 112 valence electrons. The van der Waals surface area contributed by atoms with Gasteiger partial charge in [0, 0.05) is 12.1 Å². The fourth-order valence-electron chi connectivity index (χ4n) is 4.08. The first-order chi connectivity index (χ1) is 9.86. The van der Waals surface area contributed by atoms with Gasteiger partial charge in [-0.05, 0) is 37.2 Å². The largest absolute Gasteiger partial charge is 0.269 e. The van der Waals surface area contributed by atoms with Gasteiger partial charge in [-0.15, -0.1) is 11.6 Å². The summed E-state index contributed by atoms with van der Waals surface area (Å²) in [6.07, 6.45) is 15.6. The van der Waals surface area contributed by atoms with Gasteiger partial charge in [-0.1, -0.05) is 44.9 Å². The normalized spacial score (nSPS) is 23.2. The van der Waals surface area contributed by atoms with Crippen molar-refractivity contribution in [3.8, 4) is 0 Å². The molecular weight excluding hydrogens is 268 g/mol. The summed E-state index contributed by atoms with van der Waals surface area (Å²) >= 11 is 6.22. The quantitative estimate of drug-likeness (QED) is 0.701. The van der Waals surface area contributed by atoms with E-state index in [9.17, 15) is 0 Å². The zero-order valence-corrected chi connectivity index (χ0v) is 13.2. The van der Waals surface area contributed by atoms with Crippen LogP contribution in [0.3, 0.4) is 0 Å². The molecule has 0 radical (unpaired) electrons. The number of alkyl halides is 1. The molecule has 1 atom stereocenters. The number of hydrogen-bond donors (Lipinski definition) is 0. The fraction of sp³-hybridized carbons (Fsp3) is 0.824. The Kier molecular flexibility index (Phi) is 5.04. The molecule has 2 saturated carbocycles. The molecule has 0 aromatic carbocycles. The van der Waals surface area contributed by atoms with Crippen molar-refractivity contribution < 1.29 is 0 Å². The van der Waals surface area contributed by atoms with Gasteiger partial charge < -0.3 is 0 Å². The molecule has 2 nitrogen and oxygen atoms in total. The van der Waals surface area contributed by atoms with Crippen molar-refractivity contribution in [3.63, 3.8) is 0 Å². The number of aromatic nitrogens is 2. The highest BCUT2D eigenvalue weighted by Crippen LogP contribution is 2.34. The van der Waals surface area contributed by atoms with Gasteiger partial charge in [0.05, 0.1) is 11.7 Å². The van der Waals surface area contributed by atoms with Gasteiger partial charge in [0.2, 0.25) is 0 Å². The van der Waals surface area contributed by atoms with Gasteiger partial charge >= 0.3 is 0 Å². The second-order valence-corrected chi connectivity index (χ2v) is 7.05. The first kappa shape index (κ1) is 14.4. The predicted octanol–water partition coefficient (Wildman–Crippen LogP) is 4.98. The Morgan fingerprint density at radius 1 is 1.10 bits per heavy atom. The molecule has 0 N–H and O–H groups in total. The van der Waals surface area contributed by atoms with E-state index in [-0.39, 0.29) is 0 Å². The average molecular weight is 295 g/mol. The minimum Gasteiger partial charge on any atom is -0.269 e. The molecule has 2 aliphatic rings. The van der Waals surface area contributed by atoms with Crippen LogP contribution in [0.5, 0.6) is 0 Å². The van der Waals surface area contributed by atoms with E-state index in [1.54, 1.807) is 0 Å². The third-order valence-electron chi connectivity index (χ3n) is 5.35. The molecule has 0 bridgehead atoms. The number of hydrogen-bond acceptors (Lipinski definition) is 1. The van der Waals surface area contributed by atoms with Gasteiger partial charge in [0.25, 0.3) is 0 Å². The molecular formula is C17H27ClN2. The zero-order chi connectivity index (χ0) is 13.8. The summed E-state index contributed by atoms with van der Waals surface area (Å²) in [4.78, 5) is 0. The van der Waals surface area contributed by atoms with Crippen LogP contribution in [0, 0.1) is 11.8 Å². The van der Waals surface area contributed by atoms with Gasteiger partial charge in [0.15, 0.2) is 0 Å². The summed E-state index contributed by atoms with van der Waals surface area (Å²) in [5, 5.41) is 4.85. The van der Waals surface area contributed by atoms with Crippen LogP contribution in [0.15, 0.2) is 12.3 Å². The molecule has 3 rings (SSSR count). The van der Waals surface area contributed by atoms with Crippen molar-refractivity contribution in [2.45, 2.75) is 70.3 Å². The highest BCUT2D eigenvalue weighted by molar-refractivity contribution is 6.18. The Morgan fingerprint density at radius 2 is 1.80 bits per heavy atom. The van der Waals surface area contributed by atoms with Crippen molar-refractivity contribution in [2.24, 2.45) is 11.8 Å². The van der Waals surface area contributed by atoms with E-state index in [1.165, 1.54) is 63.5 Å². The van der Waals surface area contributed by atoms with Crippen molar-refractivity contribution in [1.29, 1.82) is 0 Å². The molecule has 3 heteroatoms. The molecule has 1 aromatic heterocycles. The van der Waals surface area contributed by atoms with E-state index in [4.69, 9.17) is 16.7 Å². The minimum absolute atomic E-state index is 0.633. The number of rotatable bonds is 5. The fourth-order valence-corrected chi connectivity index (χ4v) is 4.44. The number of halogens is 1. The van der Waals surface area contributed by atoms with E-state index < -0.39 is 0 Å². The second kappa shape index (κ2) is 6.98. The van der Waals surface area contributed by atoms with Gasteiger partial charge in [-0.2, -0.15) is 5.10 Å². The van der Waals surface area contributed by atoms with Crippen LogP contribution in [0.4, 0.5) is 0 Å². The highest BCUT2D eigenvalue weighted by atomic mass is 35.5. The van der Waals surface area contributed by atoms with Crippen LogP contribution < -0.4 is 0 Å². The molecule has 0 spiro atoms. The lowest BCUT2D eigenvalue weighted by Crippen LogP contribution is -2.18. The average Bonchev–Trinajstić information content (AvgIpc) is 3.17. The summed E-state index contributed by atoms with van der Waals surface area (Å²) < 4.78 is 2.23. The molecule has 1 unspecified atom stereocenters. The number of nitrogens with zero attached hydrogens (tertiary/aromatic N) is 2. The molecule has 20 heavy (non-hydrogen) atoms. The van der Waals surface area contributed by atoms with Gasteiger partial charge in [-0.25, -0.2) is 0 Å². The smallest absolute Gasteiger partial charge is 0.0628 e. The van der Waals surface area contributed by atoms with Crippen LogP contribution >= 0.6 is 11.6 Å². The minimum atomic E-state index is 0.633. The second-order valence-electron chi connectivity index (χ2n) is 6.74. The van der Waals surface area contributed by atoms with Gasteiger partial charge in [-0.3, -0.25) is 4.68 Å². The summed E-state index contributed by atoms with van der Waals surface area (Å²) in [5.74, 6) is 2.27. The van der Waals surface area contributed by atoms with Crippen LogP contribution in [0.25, 0.3) is 0 Å². The third kappa shape index (κ3) is 3.39. The molecule has 1 heterocycles. The monoisotopic (exact) mass is 294 g/mol. The topological polar surface area (TPSA) is 17.8 Å². The summed E-state index contributed by atoms with van der Waals surface area (Å²) in [6, 6.07) is 2.88. The maximum absolute atomic E-state index is 6.22. The Morgan fingerprint density at radius 3 is 2.50 bits per heavy atom. The van der Waals surface area contributed by atoms with E-state index in [1.807, 2.05) is 0 Å². The van der Waals surface area contributed by atoms with Crippen molar-refractivity contribution in [3.05, 3.63) is 18.0 Å². The van der Waals surface area contributed by atoms with Gasteiger partial charge in [0.1, 0.15) is 0 Å². The third-order valence-corrected chi connectivity index (χ3v) is 5.74. The molecule has 0 amide bonds. The van der Waals surface area contributed by atoms with Crippen LogP contribution in [-0.4, -0.2) is 15.7 Å². The molecule has 0 aliphatic heterocycles. The van der Waals surface area contributed by atoms with E-state index in [0.29, 0.717) is 12.0 Å².